The molecule has 2 aromatic heterocycles. The lowest BCUT2D eigenvalue weighted by Gasteiger charge is -2.01. The van der Waals surface area contributed by atoms with E-state index < -0.39 is 0 Å². The standard InChI is InChI=1S/C13H13NOS/c1-8-6-11(7-9(2)14-8)13(15)12-5-4-10(3)16-12/h4-7H,1-3H3. The predicted molar refractivity (Wildman–Crippen MR) is 66.2 cm³/mol. The van der Waals surface area contributed by atoms with Crippen molar-refractivity contribution in [1.82, 2.24) is 4.98 Å². The van der Waals surface area contributed by atoms with Crippen molar-refractivity contribution in [3.05, 3.63) is 51.0 Å². The first-order valence-corrected chi connectivity index (χ1v) is 5.94. The van der Waals surface area contributed by atoms with Crippen LogP contribution in [0.3, 0.4) is 0 Å². The first kappa shape index (κ1) is 11.0. The maximum Gasteiger partial charge on any atom is 0.203 e. The van der Waals surface area contributed by atoms with Crippen molar-refractivity contribution < 1.29 is 4.79 Å². The van der Waals surface area contributed by atoms with Crippen LogP contribution in [0.2, 0.25) is 0 Å². The number of hydrogen-bond acceptors (Lipinski definition) is 3. The second kappa shape index (κ2) is 4.18. The van der Waals surface area contributed by atoms with E-state index in [9.17, 15) is 4.79 Å². The average Bonchev–Trinajstić information content (AvgIpc) is 2.62. The highest BCUT2D eigenvalue weighted by Gasteiger charge is 2.11. The maximum atomic E-state index is 12.1. The van der Waals surface area contributed by atoms with Gasteiger partial charge in [-0.3, -0.25) is 9.78 Å². The summed E-state index contributed by atoms with van der Waals surface area (Å²) < 4.78 is 0. The van der Waals surface area contributed by atoms with Crippen LogP contribution in [0.5, 0.6) is 0 Å². The van der Waals surface area contributed by atoms with Crippen molar-refractivity contribution in [2.75, 3.05) is 0 Å². The van der Waals surface area contributed by atoms with Crippen LogP contribution in [0, 0.1) is 20.8 Å². The molecule has 0 atom stereocenters. The fourth-order valence-electron chi connectivity index (χ4n) is 1.66. The Morgan fingerprint density at radius 1 is 1.12 bits per heavy atom. The molecule has 0 fully saturated rings. The van der Waals surface area contributed by atoms with E-state index in [2.05, 4.69) is 4.98 Å². The van der Waals surface area contributed by atoms with Gasteiger partial charge in [0.1, 0.15) is 0 Å². The second-order valence-electron chi connectivity index (χ2n) is 3.88. The smallest absolute Gasteiger partial charge is 0.203 e. The highest BCUT2D eigenvalue weighted by atomic mass is 32.1. The van der Waals surface area contributed by atoms with Crippen molar-refractivity contribution in [2.45, 2.75) is 20.8 Å². The number of thiophene rings is 1. The van der Waals surface area contributed by atoms with Gasteiger partial charge in [-0.05, 0) is 45.0 Å². The Labute approximate surface area is 99.0 Å². The topological polar surface area (TPSA) is 30.0 Å². The Hall–Kier alpha value is -1.48. The predicted octanol–water partition coefficient (Wildman–Crippen LogP) is 3.30. The molecule has 2 heterocycles. The molecule has 2 rings (SSSR count). The average molecular weight is 231 g/mol. The molecule has 0 spiro atoms. The van der Waals surface area contributed by atoms with Crippen LogP contribution < -0.4 is 0 Å². The minimum atomic E-state index is 0.0895. The van der Waals surface area contributed by atoms with Crippen LogP contribution in [0.15, 0.2) is 24.3 Å². The molecule has 0 aromatic carbocycles. The van der Waals surface area contributed by atoms with E-state index >= 15 is 0 Å². The summed E-state index contributed by atoms with van der Waals surface area (Å²) in [4.78, 5) is 18.4. The van der Waals surface area contributed by atoms with E-state index in [0.29, 0.717) is 0 Å². The molecule has 0 N–H and O–H groups in total. The Kier molecular flexibility index (Phi) is 2.88. The Morgan fingerprint density at radius 3 is 2.25 bits per heavy atom. The highest BCUT2D eigenvalue weighted by Crippen LogP contribution is 2.19. The number of hydrogen-bond donors (Lipinski definition) is 0. The van der Waals surface area contributed by atoms with Crippen molar-refractivity contribution in [3.8, 4) is 0 Å². The third kappa shape index (κ3) is 2.19. The molecule has 16 heavy (non-hydrogen) atoms. The molecule has 2 nitrogen and oxygen atoms in total. The first-order valence-electron chi connectivity index (χ1n) is 5.12. The van der Waals surface area contributed by atoms with Gasteiger partial charge in [0, 0.05) is 21.8 Å². The van der Waals surface area contributed by atoms with Gasteiger partial charge < -0.3 is 0 Å². The van der Waals surface area contributed by atoms with Gasteiger partial charge in [0.15, 0.2) is 0 Å². The van der Waals surface area contributed by atoms with Gasteiger partial charge in [-0.15, -0.1) is 11.3 Å². The fraction of sp³-hybridized carbons (Fsp3) is 0.231. The number of aryl methyl sites for hydroxylation is 3. The van der Waals surface area contributed by atoms with Crippen molar-refractivity contribution >= 4 is 17.1 Å². The molecule has 0 unspecified atom stereocenters. The number of rotatable bonds is 2. The van der Waals surface area contributed by atoms with E-state index in [-0.39, 0.29) is 5.78 Å². The van der Waals surface area contributed by atoms with E-state index in [0.717, 1.165) is 26.7 Å². The minimum Gasteiger partial charge on any atom is -0.288 e. The molecular weight excluding hydrogens is 218 g/mol. The maximum absolute atomic E-state index is 12.1. The number of carbonyl (C=O) groups is 1. The third-order valence-corrected chi connectivity index (χ3v) is 3.31. The lowest BCUT2D eigenvalue weighted by Crippen LogP contribution is -2.01. The van der Waals surface area contributed by atoms with E-state index in [1.807, 2.05) is 45.0 Å². The summed E-state index contributed by atoms with van der Waals surface area (Å²) in [7, 11) is 0. The van der Waals surface area contributed by atoms with Crippen molar-refractivity contribution in [1.29, 1.82) is 0 Å². The van der Waals surface area contributed by atoms with Gasteiger partial charge in [0.25, 0.3) is 0 Å². The number of carbonyl (C=O) groups excluding carboxylic acids is 1. The first-order chi connectivity index (χ1) is 7.56. The minimum absolute atomic E-state index is 0.0895. The van der Waals surface area contributed by atoms with Crippen LogP contribution in [0.1, 0.15) is 31.5 Å². The number of ketones is 1. The SMILES string of the molecule is Cc1cc(C(=O)c2ccc(C)s2)cc(C)n1. The van der Waals surface area contributed by atoms with Gasteiger partial charge in [-0.2, -0.15) is 0 Å². The Morgan fingerprint density at radius 2 is 1.75 bits per heavy atom. The van der Waals surface area contributed by atoms with Gasteiger partial charge in [0.05, 0.1) is 4.88 Å². The molecular formula is C13H13NOS. The monoisotopic (exact) mass is 231 g/mol. The molecule has 0 saturated carbocycles. The molecule has 0 amide bonds. The third-order valence-electron chi connectivity index (χ3n) is 2.31. The van der Waals surface area contributed by atoms with Gasteiger partial charge >= 0.3 is 0 Å². The largest absolute Gasteiger partial charge is 0.288 e. The lowest BCUT2D eigenvalue weighted by molar-refractivity contribution is 0.104. The van der Waals surface area contributed by atoms with Crippen LogP contribution in [-0.4, -0.2) is 10.8 Å². The number of aromatic nitrogens is 1. The zero-order valence-electron chi connectivity index (χ0n) is 9.57. The molecule has 0 aliphatic heterocycles. The summed E-state index contributed by atoms with van der Waals surface area (Å²) in [5, 5.41) is 0. The summed E-state index contributed by atoms with van der Waals surface area (Å²) in [6, 6.07) is 7.53. The number of pyridine rings is 1. The highest BCUT2D eigenvalue weighted by molar-refractivity contribution is 7.14. The summed E-state index contributed by atoms with van der Waals surface area (Å²) in [6.07, 6.45) is 0. The van der Waals surface area contributed by atoms with E-state index in [1.54, 1.807) is 0 Å². The van der Waals surface area contributed by atoms with E-state index in [1.165, 1.54) is 11.3 Å². The molecule has 0 radical (unpaired) electrons. The van der Waals surface area contributed by atoms with Crippen molar-refractivity contribution in [3.63, 3.8) is 0 Å². The second-order valence-corrected chi connectivity index (χ2v) is 5.17. The van der Waals surface area contributed by atoms with Gasteiger partial charge in [0.2, 0.25) is 5.78 Å². The lowest BCUT2D eigenvalue weighted by atomic mass is 10.1. The summed E-state index contributed by atoms with van der Waals surface area (Å²) >= 11 is 1.53. The molecule has 3 heteroatoms. The zero-order chi connectivity index (χ0) is 11.7. The van der Waals surface area contributed by atoms with Crippen LogP contribution >= 0.6 is 11.3 Å². The Balaban J connectivity index is 2.41. The van der Waals surface area contributed by atoms with E-state index in [4.69, 9.17) is 0 Å². The molecule has 2 aromatic rings. The fourth-order valence-corrected chi connectivity index (χ4v) is 2.49. The normalized spacial score (nSPS) is 10.4. The Bertz CT molecular complexity index is 522. The number of nitrogens with zero attached hydrogens (tertiary/aromatic N) is 1. The molecule has 0 aliphatic rings. The summed E-state index contributed by atoms with van der Waals surface area (Å²) in [5.74, 6) is 0.0895. The van der Waals surface area contributed by atoms with Gasteiger partial charge in [-0.1, -0.05) is 0 Å². The van der Waals surface area contributed by atoms with Crippen LogP contribution in [0.25, 0.3) is 0 Å². The summed E-state index contributed by atoms with van der Waals surface area (Å²) in [6.45, 7) is 5.82. The molecule has 0 saturated heterocycles. The summed E-state index contributed by atoms with van der Waals surface area (Å²) in [5.41, 5.74) is 2.50. The van der Waals surface area contributed by atoms with Crippen molar-refractivity contribution in [2.24, 2.45) is 0 Å². The quantitative estimate of drug-likeness (QED) is 0.742. The molecule has 0 aliphatic carbocycles. The molecule has 0 bridgehead atoms. The van der Waals surface area contributed by atoms with Gasteiger partial charge in [-0.25, -0.2) is 0 Å². The zero-order valence-corrected chi connectivity index (χ0v) is 10.4. The van der Waals surface area contributed by atoms with Crippen LogP contribution in [-0.2, 0) is 0 Å². The molecule has 82 valence electrons. The van der Waals surface area contributed by atoms with Crippen LogP contribution in [0.4, 0.5) is 0 Å².